The summed E-state index contributed by atoms with van der Waals surface area (Å²) in [7, 11) is 0. The average molecular weight is 481 g/mol. The second-order valence-corrected chi connectivity index (χ2v) is 8.97. The molecule has 1 atom stereocenters. The molecule has 8 heteroatoms. The molecule has 1 aliphatic rings. The number of aromatic nitrogens is 2. The van der Waals surface area contributed by atoms with Gasteiger partial charge in [-0.25, -0.2) is 4.39 Å². The Bertz CT molecular complexity index is 1030. The number of amides is 1. The highest BCUT2D eigenvalue weighted by molar-refractivity contribution is 9.10. The predicted molar refractivity (Wildman–Crippen MR) is 112 cm³/mol. The summed E-state index contributed by atoms with van der Waals surface area (Å²) >= 11 is 11.0. The molecule has 0 N–H and O–H groups in total. The van der Waals surface area contributed by atoms with E-state index in [-0.39, 0.29) is 17.6 Å². The topological polar surface area (TPSA) is 46.1 Å². The van der Waals surface area contributed by atoms with Crippen LogP contribution >= 0.6 is 38.9 Å². The van der Waals surface area contributed by atoms with Crippen molar-refractivity contribution in [1.82, 2.24) is 15.1 Å². The molecule has 0 spiro atoms. The minimum absolute atomic E-state index is 0.0849. The van der Waals surface area contributed by atoms with E-state index in [1.807, 2.05) is 11.0 Å². The molecule has 2 aromatic carbocycles. The fourth-order valence-corrected chi connectivity index (χ4v) is 4.89. The average Bonchev–Trinajstić information content (AvgIpc) is 3.20. The lowest BCUT2D eigenvalue weighted by Crippen LogP contribution is -2.39. The molecule has 0 aliphatic carbocycles. The Morgan fingerprint density at radius 2 is 2.07 bits per heavy atom. The van der Waals surface area contributed by atoms with Crippen molar-refractivity contribution in [2.45, 2.75) is 18.8 Å². The Morgan fingerprint density at radius 3 is 2.89 bits per heavy atom. The number of benzene rings is 2. The molecule has 1 amide bonds. The number of halogens is 3. The second kappa shape index (κ2) is 8.27. The summed E-state index contributed by atoms with van der Waals surface area (Å²) in [6.07, 6.45) is 1.79. The Balaban J connectivity index is 1.54. The minimum Gasteiger partial charge on any atom is -0.338 e. The number of likely N-dealkylation sites (tertiary alicyclic amines) is 1. The molecule has 4 rings (SSSR count). The smallest absolute Gasteiger partial charge is 0.255 e. The Labute approximate surface area is 179 Å². The first-order chi connectivity index (χ1) is 13.5. The quantitative estimate of drug-likeness (QED) is 0.477. The standard InChI is InChI=1S/C20H16BrClFN3OS/c21-13-7-8-16(22)15(10-13)20(27)26-9-3-4-12(11-26)18-24-25-19(28-18)14-5-1-2-6-17(14)23/h1-2,5-8,10,12H,3-4,9,11H2. The van der Waals surface area contributed by atoms with E-state index >= 15 is 0 Å². The second-order valence-electron chi connectivity index (χ2n) is 6.64. The van der Waals surface area contributed by atoms with Crippen LogP contribution in [0.15, 0.2) is 46.9 Å². The third-order valence-electron chi connectivity index (χ3n) is 4.76. The fraction of sp³-hybridized carbons (Fsp3) is 0.250. The van der Waals surface area contributed by atoms with Gasteiger partial charge in [-0.05, 0) is 43.2 Å². The van der Waals surface area contributed by atoms with E-state index in [1.165, 1.54) is 17.4 Å². The summed E-state index contributed by atoms with van der Waals surface area (Å²) in [5.41, 5.74) is 0.942. The van der Waals surface area contributed by atoms with Crippen LogP contribution in [0.3, 0.4) is 0 Å². The number of carbonyl (C=O) groups is 1. The third kappa shape index (κ3) is 3.97. The van der Waals surface area contributed by atoms with E-state index in [9.17, 15) is 9.18 Å². The van der Waals surface area contributed by atoms with E-state index < -0.39 is 0 Å². The number of carbonyl (C=O) groups excluding carboxylic acids is 1. The fourth-order valence-electron chi connectivity index (χ4n) is 3.34. The molecule has 28 heavy (non-hydrogen) atoms. The van der Waals surface area contributed by atoms with Crippen LogP contribution in [-0.2, 0) is 0 Å². The van der Waals surface area contributed by atoms with Crippen molar-refractivity contribution < 1.29 is 9.18 Å². The summed E-state index contributed by atoms with van der Waals surface area (Å²) < 4.78 is 14.8. The largest absolute Gasteiger partial charge is 0.338 e. The van der Waals surface area contributed by atoms with Crippen molar-refractivity contribution in [3.05, 3.63) is 68.3 Å². The molecule has 1 aromatic heterocycles. The first-order valence-electron chi connectivity index (χ1n) is 8.85. The molecule has 0 saturated carbocycles. The van der Waals surface area contributed by atoms with Gasteiger partial charge in [-0.3, -0.25) is 4.79 Å². The zero-order valence-corrected chi connectivity index (χ0v) is 17.9. The van der Waals surface area contributed by atoms with Crippen molar-refractivity contribution in [2.75, 3.05) is 13.1 Å². The molecule has 144 valence electrons. The number of hydrogen-bond donors (Lipinski definition) is 0. The zero-order valence-electron chi connectivity index (χ0n) is 14.7. The molecule has 0 bridgehead atoms. The SMILES string of the molecule is O=C(c1cc(Br)ccc1Cl)N1CCCC(c2nnc(-c3ccccc3F)s2)C1. The number of piperidine rings is 1. The molecule has 1 unspecified atom stereocenters. The first-order valence-corrected chi connectivity index (χ1v) is 10.8. The van der Waals surface area contributed by atoms with E-state index in [2.05, 4.69) is 26.1 Å². The van der Waals surface area contributed by atoms with Gasteiger partial charge in [0.1, 0.15) is 10.8 Å². The van der Waals surface area contributed by atoms with Gasteiger partial charge >= 0.3 is 0 Å². The third-order valence-corrected chi connectivity index (χ3v) is 6.70. The summed E-state index contributed by atoms with van der Waals surface area (Å²) in [6.45, 7) is 1.23. The maximum atomic E-state index is 14.0. The molecular formula is C20H16BrClFN3OS. The molecule has 1 aliphatic heterocycles. The Morgan fingerprint density at radius 1 is 1.25 bits per heavy atom. The molecular weight excluding hydrogens is 465 g/mol. The van der Waals surface area contributed by atoms with Crippen LogP contribution in [0, 0.1) is 5.82 Å². The molecule has 0 radical (unpaired) electrons. The highest BCUT2D eigenvalue weighted by Crippen LogP contribution is 2.34. The summed E-state index contributed by atoms with van der Waals surface area (Å²) in [5.74, 6) is -0.313. The van der Waals surface area contributed by atoms with Crippen molar-refractivity contribution in [3.63, 3.8) is 0 Å². The Kier molecular flexibility index (Phi) is 5.75. The van der Waals surface area contributed by atoms with Gasteiger partial charge in [0.15, 0.2) is 5.01 Å². The van der Waals surface area contributed by atoms with E-state index in [0.717, 1.165) is 22.3 Å². The highest BCUT2D eigenvalue weighted by Gasteiger charge is 2.29. The maximum absolute atomic E-state index is 14.0. The van der Waals surface area contributed by atoms with Gasteiger partial charge in [0.25, 0.3) is 5.91 Å². The monoisotopic (exact) mass is 479 g/mol. The minimum atomic E-state index is -0.310. The van der Waals surface area contributed by atoms with Gasteiger partial charge in [0.2, 0.25) is 0 Å². The van der Waals surface area contributed by atoms with Gasteiger partial charge in [-0.15, -0.1) is 10.2 Å². The molecule has 4 nitrogen and oxygen atoms in total. The van der Waals surface area contributed by atoms with Gasteiger partial charge in [-0.2, -0.15) is 0 Å². The van der Waals surface area contributed by atoms with Gasteiger partial charge in [-0.1, -0.05) is 51.0 Å². The highest BCUT2D eigenvalue weighted by atomic mass is 79.9. The lowest BCUT2D eigenvalue weighted by Gasteiger charge is -2.32. The van der Waals surface area contributed by atoms with Crippen molar-refractivity contribution >= 4 is 44.8 Å². The Hall–Kier alpha value is -1.83. The van der Waals surface area contributed by atoms with Crippen LogP contribution in [-0.4, -0.2) is 34.1 Å². The van der Waals surface area contributed by atoms with Gasteiger partial charge < -0.3 is 4.90 Å². The number of rotatable bonds is 3. The van der Waals surface area contributed by atoms with Crippen LogP contribution in [0.2, 0.25) is 5.02 Å². The summed E-state index contributed by atoms with van der Waals surface area (Å²) in [4.78, 5) is 14.8. The van der Waals surface area contributed by atoms with E-state index in [0.29, 0.717) is 34.2 Å². The molecule has 2 heterocycles. The van der Waals surface area contributed by atoms with Gasteiger partial charge in [0, 0.05) is 29.0 Å². The van der Waals surface area contributed by atoms with Gasteiger partial charge in [0.05, 0.1) is 10.6 Å². The van der Waals surface area contributed by atoms with Crippen LogP contribution in [0.1, 0.15) is 34.1 Å². The number of nitrogens with zero attached hydrogens (tertiary/aromatic N) is 3. The van der Waals surface area contributed by atoms with E-state index in [4.69, 9.17) is 11.6 Å². The molecule has 1 fully saturated rings. The number of hydrogen-bond acceptors (Lipinski definition) is 4. The maximum Gasteiger partial charge on any atom is 0.255 e. The van der Waals surface area contributed by atoms with Crippen LogP contribution in [0.4, 0.5) is 4.39 Å². The summed E-state index contributed by atoms with van der Waals surface area (Å²) in [6, 6.07) is 11.8. The van der Waals surface area contributed by atoms with Crippen LogP contribution in [0.25, 0.3) is 10.6 Å². The summed E-state index contributed by atoms with van der Waals surface area (Å²) in [5, 5.41) is 10.3. The normalized spacial score (nSPS) is 17.0. The van der Waals surface area contributed by atoms with Crippen LogP contribution in [0.5, 0.6) is 0 Å². The first kappa shape index (κ1) is 19.5. The predicted octanol–water partition coefficient (Wildman–Crippen LogP) is 5.78. The van der Waals surface area contributed by atoms with E-state index in [1.54, 1.807) is 30.3 Å². The lowest BCUT2D eigenvalue weighted by atomic mass is 9.98. The van der Waals surface area contributed by atoms with Crippen molar-refractivity contribution in [1.29, 1.82) is 0 Å². The van der Waals surface area contributed by atoms with Crippen molar-refractivity contribution in [2.24, 2.45) is 0 Å². The van der Waals surface area contributed by atoms with Crippen LogP contribution < -0.4 is 0 Å². The van der Waals surface area contributed by atoms with Crippen molar-refractivity contribution in [3.8, 4) is 10.6 Å². The molecule has 3 aromatic rings. The lowest BCUT2D eigenvalue weighted by molar-refractivity contribution is 0.0707. The molecule has 1 saturated heterocycles. The zero-order chi connectivity index (χ0) is 19.7.